The third kappa shape index (κ3) is 2.97. The van der Waals surface area contributed by atoms with E-state index in [1.807, 2.05) is 0 Å². The van der Waals surface area contributed by atoms with Crippen LogP contribution in [0, 0.1) is 0 Å². The van der Waals surface area contributed by atoms with Gasteiger partial charge in [0.25, 0.3) is 0 Å². The monoisotopic (exact) mass is 342 g/mol. The van der Waals surface area contributed by atoms with Crippen LogP contribution < -0.4 is 0 Å². The maximum atomic E-state index is 10.8. The Bertz CT molecular complexity index is 682. The molecule has 0 aliphatic heterocycles. The highest BCUT2D eigenvalue weighted by molar-refractivity contribution is 9.10. The fourth-order valence-electron chi connectivity index (χ4n) is 1.76. The second-order valence-electron chi connectivity index (χ2n) is 4.24. The maximum absolute atomic E-state index is 10.8. The molecule has 2 aromatic rings. The van der Waals surface area contributed by atoms with E-state index in [0.29, 0.717) is 16.5 Å². The summed E-state index contributed by atoms with van der Waals surface area (Å²) in [6.07, 6.45) is 2.02. The first-order chi connectivity index (χ1) is 9.38. The minimum Gasteiger partial charge on any atom is -0.479 e. The summed E-state index contributed by atoms with van der Waals surface area (Å²) < 4.78 is 2.24. The predicted octanol–water partition coefficient (Wildman–Crippen LogP) is 1.17. The zero-order chi connectivity index (χ0) is 14.9. The van der Waals surface area contributed by atoms with E-state index in [1.54, 1.807) is 16.7 Å². The number of rotatable bonds is 5. The summed E-state index contributed by atoms with van der Waals surface area (Å²) in [4.78, 5) is 25.3. The van der Waals surface area contributed by atoms with Crippen LogP contribution in [0.25, 0.3) is 5.65 Å². The Hall–Kier alpha value is -1.93. The molecule has 20 heavy (non-hydrogen) atoms. The molecule has 3 N–H and O–H groups in total. The van der Waals surface area contributed by atoms with E-state index in [4.69, 9.17) is 10.2 Å². The third-order valence-corrected chi connectivity index (χ3v) is 3.55. The van der Waals surface area contributed by atoms with Gasteiger partial charge < -0.3 is 19.7 Å². The van der Waals surface area contributed by atoms with Gasteiger partial charge in [-0.2, -0.15) is 0 Å². The molecule has 7 nitrogen and oxygen atoms in total. The predicted molar refractivity (Wildman–Crippen MR) is 71.8 cm³/mol. The van der Waals surface area contributed by atoms with Crippen molar-refractivity contribution in [3.05, 3.63) is 34.2 Å². The number of aliphatic hydroxyl groups is 1. The number of hydrogen-bond acceptors (Lipinski definition) is 4. The first-order valence-corrected chi connectivity index (χ1v) is 6.49. The lowest BCUT2D eigenvalue weighted by molar-refractivity contribution is -0.146. The van der Waals surface area contributed by atoms with Gasteiger partial charge in [0.15, 0.2) is 11.8 Å². The number of carboxylic acids is 2. The number of aromatic carboxylic acids is 1. The number of imidazole rings is 1. The van der Waals surface area contributed by atoms with Gasteiger partial charge in [-0.1, -0.05) is 15.9 Å². The molecule has 0 aromatic carbocycles. The molecular weight excluding hydrogens is 332 g/mol. The van der Waals surface area contributed by atoms with Gasteiger partial charge >= 0.3 is 11.9 Å². The van der Waals surface area contributed by atoms with Crippen molar-refractivity contribution >= 4 is 33.5 Å². The van der Waals surface area contributed by atoms with Gasteiger partial charge in [-0.15, -0.1) is 0 Å². The fourth-order valence-corrected chi connectivity index (χ4v) is 2.26. The normalized spacial score (nSPS) is 12.5. The van der Waals surface area contributed by atoms with Crippen LogP contribution in [-0.4, -0.2) is 42.7 Å². The topological polar surface area (TPSA) is 112 Å². The summed E-state index contributed by atoms with van der Waals surface area (Å²) in [5, 5.41) is 26.8. The first-order valence-electron chi connectivity index (χ1n) is 5.70. The van der Waals surface area contributed by atoms with Crippen molar-refractivity contribution in [2.75, 3.05) is 0 Å². The first kappa shape index (κ1) is 14.5. The largest absolute Gasteiger partial charge is 0.479 e. The van der Waals surface area contributed by atoms with Crippen molar-refractivity contribution in [3.63, 3.8) is 0 Å². The number of carbonyl (C=O) groups is 2. The number of pyridine rings is 1. The van der Waals surface area contributed by atoms with Gasteiger partial charge in [-0.25, -0.2) is 14.6 Å². The lowest BCUT2D eigenvalue weighted by Crippen LogP contribution is -2.20. The van der Waals surface area contributed by atoms with Crippen LogP contribution in [0.15, 0.2) is 22.9 Å². The van der Waals surface area contributed by atoms with Crippen molar-refractivity contribution in [1.82, 2.24) is 9.38 Å². The van der Waals surface area contributed by atoms with Crippen molar-refractivity contribution in [1.29, 1.82) is 0 Å². The molecule has 0 bridgehead atoms. The molecule has 0 aliphatic rings. The standard InChI is InChI=1S/C12H11BrN2O5/c13-7-3-10-14-8(11(17)18)5-15(10)4-6(7)1-2-9(16)12(19)20/h3-5,9,16H,1-2H2,(H,17,18)(H,19,20). The Kier molecular flexibility index (Phi) is 4.05. The Balaban J connectivity index is 2.27. The molecule has 8 heteroatoms. The van der Waals surface area contributed by atoms with E-state index < -0.39 is 18.0 Å². The summed E-state index contributed by atoms with van der Waals surface area (Å²) in [5.74, 6) is -2.38. The SMILES string of the molecule is O=C(O)c1cn2cc(CCC(O)C(=O)O)c(Br)cc2n1. The third-order valence-electron chi connectivity index (χ3n) is 2.81. The highest BCUT2D eigenvalue weighted by atomic mass is 79.9. The van der Waals surface area contributed by atoms with Crippen LogP contribution in [0.5, 0.6) is 0 Å². The number of aliphatic carboxylic acids is 1. The number of nitrogens with zero attached hydrogens (tertiary/aromatic N) is 2. The van der Waals surface area contributed by atoms with Crippen LogP contribution in [-0.2, 0) is 11.2 Å². The van der Waals surface area contributed by atoms with Crippen molar-refractivity contribution < 1.29 is 24.9 Å². The summed E-state index contributed by atoms with van der Waals surface area (Å²) in [6, 6.07) is 1.65. The molecule has 2 rings (SSSR count). The molecule has 0 saturated heterocycles. The quantitative estimate of drug-likeness (QED) is 0.751. The lowest BCUT2D eigenvalue weighted by Gasteiger charge is -2.08. The fraction of sp³-hybridized carbons (Fsp3) is 0.250. The molecule has 0 spiro atoms. The Labute approximate surface area is 121 Å². The molecule has 2 heterocycles. The highest BCUT2D eigenvalue weighted by Gasteiger charge is 2.15. The number of carboxylic acid groups (broad SMARTS) is 2. The van der Waals surface area contributed by atoms with Crippen LogP contribution >= 0.6 is 15.9 Å². The molecule has 0 aliphatic carbocycles. The number of aliphatic hydroxyl groups excluding tert-OH is 1. The van der Waals surface area contributed by atoms with Gasteiger partial charge in [0.1, 0.15) is 5.65 Å². The second-order valence-corrected chi connectivity index (χ2v) is 5.09. The van der Waals surface area contributed by atoms with E-state index in [1.165, 1.54) is 6.20 Å². The Morgan fingerprint density at radius 3 is 2.65 bits per heavy atom. The molecule has 1 atom stereocenters. The van der Waals surface area contributed by atoms with Gasteiger partial charge in [0.05, 0.1) is 0 Å². The van der Waals surface area contributed by atoms with Crippen molar-refractivity contribution in [2.45, 2.75) is 18.9 Å². The molecule has 0 amide bonds. The van der Waals surface area contributed by atoms with E-state index in [-0.39, 0.29) is 12.1 Å². The molecular formula is C12H11BrN2O5. The summed E-state index contributed by atoms with van der Waals surface area (Å²) in [6.45, 7) is 0. The van der Waals surface area contributed by atoms with Gasteiger partial charge in [0, 0.05) is 16.9 Å². The van der Waals surface area contributed by atoms with Crippen LogP contribution in [0.1, 0.15) is 22.5 Å². The number of halogens is 1. The Morgan fingerprint density at radius 1 is 1.35 bits per heavy atom. The summed E-state index contributed by atoms with van der Waals surface area (Å²) in [5.41, 5.74) is 1.16. The van der Waals surface area contributed by atoms with Gasteiger partial charge in [-0.3, -0.25) is 0 Å². The average Bonchev–Trinajstić information content (AvgIpc) is 2.78. The minimum absolute atomic E-state index is 0.0694. The molecule has 2 aromatic heterocycles. The smallest absolute Gasteiger partial charge is 0.356 e. The molecule has 106 valence electrons. The van der Waals surface area contributed by atoms with E-state index in [9.17, 15) is 14.7 Å². The number of aryl methyl sites for hydroxylation is 1. The van der Waals surface area contributed by atoms with E-state index in [0.717, 1.165) is 5.56 Å². The number of fused-ring (bicyclic) bond motifs is 1. The van der Waals surface area contributed by atoms with Gasteiger partial charge in [-0.05, 0) is 24.5 Å². The summed E-state index contributed by atoms with van der Waals surface area (Å²) >= 11 is 3.32. The minimum atomic E-state index is -1.42. The van der Waals surface area contributed by atoms with Crippen molar-refractivity contribution in [2.24, 2.45) is 0 Å². The maximum Gasteiger partial charge on any atom is 0.356 e. The zero-order valence-corrected chi connectivity index (χ0v) is 11.7. The van der Waals surface area contributed by atoms with Crippen LogP contribution in [0.2, 0.25) is 0 Å². The Morgan fingerprint density at radius 2 is 2.05 bits per heavy atom. The average molecular weight is 343 g/mol. The molecule has 0 radical (unpaired) electrons. The van der Waals surface area contributed by atoms with Gasteiger partial charge in [0.2, 0.25) is 0 Å². The van der Waals surface area contributed by atoms with E-state index >= 15 is 0 Å². The molecule has 0 saturated carbocycles. The summed E-state index contributed by atoms with van der Waals surface area (Å²) in [7, 11) is 0. The van der Waals surface area contributed by atoms with Crippen LogP contribution in [0.3, 0.4) is 0 Å². The lowest BCUT2D eigenvalue weighted by atomic mass is 10.1. The number of aromatic nitrogens is 2. The molecule has 1 unspecified atom stereocenters. The second kappa shape index (κ2) is 5.59. The van der Waals surface area contributed by atoms with E-state index in [2.05, 4.69) is 20.9 Å². The highest BCUT2D eigenvalue weighted by Crippen LogP contribution is 2.21. The van der Waals surface area contributed by atoms with Crippen LogP contribution in [0.4, 0.5) is 0 Å². The number of hydrogen-bond donors (Lipinski definition) is 3. The molecule has 0 fully saturated rings. The van der Waals surface area contributed by atoms with Crippen molar-refractivity contribution in [3.8, 4) is 0 Å². The zero-order valence-electron chi connectivity index (χ0n) is 10.2.